The fourth-order valence-electron chi connectivity index (χ4n) is 1.21. The molecule has 0 heterocycles. The highest BCUT2D eigenvalue weighted by Gasteiger charge is 2.26. The number of halogens is 1. The molecule has 0 bridgehead atoms. The molecule has 16 heavy (non-hydrogen) atoms. The SMILES string of the molecule is COC(=O)C(O)C(Cl)c1ccc(OC)cc1. The van der Waals surface area contributed by atoms with Gasteiger partial charge < -0.3 is 14.6 Å². The molecule has 4 nitrogen and oxygen atoms in total. The Morgan fingerprint density at radius 2 is 1.88 bits per heavy atom. The van der Waals surface area contributed by atoms with Crippen molar-refractivity contribution in [2.75, 3.05) is 14.2 Å². The van der Waals surface area contributed by atoms with Crippen LogP contribution in [-0.2, 0) is 9.53 Å². The lowest BCUT2D eigenvalue weighted by Gasteiger charge is -2.15. The second kappa shape index (κ2) is 5.72. The molecule has 0 fully saturated rings. The Balaban J connectivity index is 2.79. The molecule has 2 unspecified atom stereocenters. The van der Waals surface area contributed by atoms with Crippen molar-refractivity contribution in [1.82, 2.24) is 0 Å². The second-order valence-corrected chi connectivity index (χ2v) is 3.61. The molecule has 0 aromatic heterocycles. The van der Waals surface area contributed by atoms with Gasteiger partial charge in [-0.15, -0.1) is 11.6 Å². The Hall–Kier alpha value is -1.26. The maximum atomic E-state index is 11.1. The lowest BCUT2D eigenvalue weighted by Crippen LogP contribution is -2.26. The first-order valence-electron chi connectivity index (χ1n) is 4.64. The van der Waals surface area contributed by atoms with E-state index in [0.29, 0.717) is 11.3 Å². The number of carbonyl (C=O) groups is 1. The number of aliphatic hydroxyl groups excluding tert-OH is 1. The Bertz CT molecular complexity index is 350. The number of rotatable bonds is 4. The Morgan fingerprint density at radius 3 is 2.31 bits per heavy atom. The minimum atomic E-state index is -1.37. The first-order chi connectivity index (χ1) is 7.60. The van der Waals surface area contributed by atoms with Gasteiger partial charge in [0.05, 0.1) is 19.6 Å². The van der Waals surface area contributed by atoms with Crippen molar-refractivity contribution in [3.05, 3.63) is 29.8 Å². The molecule has 5 heteroatoms. The van der Waals surface area contributed by atoms with Crippen LogP contribution in [-0.4, -0.2) is 31.4 Å². The number of aliphatic hydroxyl groups is 1. The summed E-state index contributed by atoms with van der Waals surface area (Å²) in [4.78, 5) is 11.1. The van der Waals surface area contributed by atoms with E-state index >= 15 is 0 Å². The van der Waals surface area contributed by atoms with Gasteiger partial charge >= 0.3 is 5.97 Å². The van der Waals surface area contributed by atoms with Gasteiger partial charge in [-0.2, -0.15) is 0 Å². The van der Waals surface area contributed by atoms with E-state index in [4.69, 9.17) is 16.3 Å². The molecule has 1 N–H and O–H groups in total. The van der Waals surface area contributed by atoms with E-state index in [-0.39, 0.29) is 0 Å². The average molecular weight is 245 g/mol. The van der Waals surface area contributed by atoms with Crippen molar-refractivity contribution in [3.8, 4) is 5.75 Å². The smallest absolute Gasteiger partial charge is 0.336 e. The van der Waals surface area contributed by atoms with E-state index < -0.39 is 17.5 Å². The number of alkyl halides is 1. The summed E-state index contributed by atoms with van der Waals surface area (Å²) in [6.07, 6.45) is -1.37. The molecule has 0 saturated heterocycles. The van der Waals surface area contributed by atoms with Crippen molar-refractivity contribution in [2.24, 2.45) is 0 Å². The quantitative estimate of drug-likeness (QED) is 0.644. The third-order valence-electron chi connectivity index (χ3n) is 2.15. The average Bonchev–Trinajstić information content (AvgIpc) is 2.36. The zero-order chi connectivity index (χ0) is 12.1. The molecule has 88 valence electrons. The normalized spacial score (nSPS) is 14.0. The molecule has 0 aliphatic carbocycles. The molecule has 0 aliphatic rings. The van der Waals surface area contributed by atoms with Crippen molar-refractivity contribution in [1.29, 1.82) is 0 Å². The van der Waals surface area contributed by atoms with Crippen LogP contribution in [0.5, 0.6) is 5.75 Å². The summed E-state index contributed by atoms with van der Waals surface area (Å²) in [5.41, 5.74) is 0.625. The molecule has 0 aliphatic heterocycles. The van der Waals surface area contributed by atoms with Crippen LogP contribution >= 0.6 is 11.6 Å². The van der Waals surface area contributed by atoms with Crippen LogP contribution in [0.3, 0.4) is 0 Å². The highest BCUT2D eigenvalue weighted by atomic mass is 35.5. The monoisotopic (exact) mass is 244 g/mol. The van der Waals surface area contributed by atoms with Crippen LogP contribution in [0.1, 0.15) is 10.9 Å². The van der Waals surface area contributed by atoms with Crippen LogP contribution in [0.2, 0.25) is 0 Å². The summed E-state index contributed by atoms with van der Waals surface area (Å²) in [5, 5.41) is 8.69. The van der Waals surface area contributed by atoms with Crippen LogP contribution < -0.4 is 4.74 Å². The van der Waals surface area contributed by atoms with E-state index in [0.717, 1.165) is 0 Å². The van der Waals surface area contributed by atoms with Gasteiger partial charge in [0.25, 0.3) is 0 Å². The molecule has 0 saturated carbocycles. The zero-order valence-electron chi connectivity index (χ0n) is 9.01. The van der Waals surface area contributed by atoms with E-state index in [1.165, 1.54) is 7.11 Å². The summed E-state index contributed by atoms with van der Waals surface area (Å²) in [6, 6.07) is 6.77. The Morgan fingerprint density at radius 1 is 1.31 bits per heavy atom. The van der Waals surface area contributed by atoms with Gasteiger partial charge in [-0.3, -0.25) is 0 Å². The molecule has 1 aromatic carbocycles. The predicted octanol–water partition coefficient (Wildman–Crippen LogP) is 1.51. The lowest BCUT2D eigenvalue weighted by molar-refractivity contribution is -0.150. The van der Waals surface area contributed by atoms with Gasteiger partial charge in [-0.1, -0.05) is 12.1 Å². The first-order valence-corrected chi connectivity index (χ1v) is 5.07. The largest absolute Gasteiger partial charge is 0.497 e. The van der Waals surface area contributed by atoms with Crippen LogP contribution in [0, 0.1) is 0 Å². The van der Waals surface area contributed by atoms with Crippen molar-refractivity contribution in [3.63, 3.8) is 0 Å². The topological polar surface area (TPSA) is 55.8 Å². The summed E-state index contributed by atoms with van der Waals surface area (Å²) in [6.45, 7) is 0. The van der Waals surface area contributed by atoms with Crippen LogP contribution in [0.15, 0.2) is 24.3 Å². The molecule has 0 radical (unpaired) electrons. The molecular formula is C11H13ClO4. The summed E-state index contributed by atoms with van der Waals surface area (Å²) in [5.74, 6) is -0.0732. The summed E-state index contributed by atoms with van der Waals surface area (Å²) < 4.78 is 9.38. The number of benzene rings is 1. The van der Waals surface area contributed by atoms with E-state index in [2.05, 4.69) is 4.74 Å². The van der Waals surface area contributed by atoms with Gasteiger partial charge in [0, 0.05) is 0 Å². The Labute approximate surface area is 98.7 Å². The fourth-order valence-corrected chi connectivity index (χ4v) is 1.46. The summed E-state index contributed by atoms with van der Waals surface area (Å²) in [7, 11) is 2.75. The third kappa shape index (κ3) is 2.87. The summed E-state index contributed by atoms with van der Waals surface area (Å²) >= 11 is 5.93. The van der Waals surface area contributed by atoms with E-state index in [1.807, 2.05) is 0 Å². The number of carbonyl (C=O) groups excluding carboxylic acids is 1. The maximum Gasteiger partial charge on any atom is 0.336 e. The molecule has 1 aromatic rings. The molecule has 0 amide bonds. The fraction of sp³-hybridized carbons (Fsp3) is 0.364. The number of hydrogen-bond donors (Lipinski definition) is 1. The number of ether oxygens (including phenoxy) is 2. The number of hydrogen-bond acceptors (Lipinski definition) is 4. The number of methoxy groups -OCH3 is 2. The molecule has 0 spiro atoms. The van der Waals surface area contributed by atoms with E-state index in [1.54, 1.807) is 31.4 Å². The van der Waals surface area contributed by atoms with Gasteiger partial charge in [0.1, 0.15) is 5.75 Å². The molecule has 1 rings (SSSR count). The highest BCUT2D eigenvalue weighted by molar-refractivity contribution is 6.22. The van der Waals surface area contributed by atoms with Gasteiger partial charge in [-0.05, 0) is 17.7 Å². The van der Waals surface area contributed by atoms with Gasteiger partial charge in [0.15, 0.2) is 6.10 Å². The molecule has 2 atom stereocenters. The van der Waals surface area contributed by atoms with Gasteiger partial charge in [0.2, 0.25) is 0 Å². The third-order valence-corrected chi connectivity index (χ3v) is 2.64. The lowest BCUT2D eigenvalue weighted by atomic mass is 10.1. The van der Waals surface area contributed by atoms with Crippen molar-refractivity contribution in [2.45, 2.75) is 11.5 Å². The standard InChI is InChI=1S/C11H13ClO4/c1-15-8-5-3-7(4-6-8)9(12)10(13)11(14)16-2/h3-6,9-10,13H,1-2H3. The molecular weight excluding hydrogens is 232 g/mol. The highest BCUT2D eigenvalue weighted by Crippen LogP contribution is 2.26. The first kappa shape index (κ1) is 12.8. The van der Waals surface area contributed by atoms with Crippen molar-refractivity contribution >= 4 is 17.6 Å². The van der Waals surface area contributed by atoms with Gasteiger partial charge in [-0.25, -0.2) is 4.79 Å². The minimum Gasteiger partial charge on any atom is -0.497 e. The maximum absolute atomic E-state index is 11.1. The zero-order valence-corrected chi connectivity index (χ0v) is 9.77. The second-order valence-electron chi connectivity index (χ2n) is 3.14. The van der Waals surface area contributed by atoms with Crippen LogP contribution in [0.4, 0.5) is 0 Å². The van der Waals surface area contributed by atoms with Crippen LogP contribution in [0.25, 0.3) is 0 Å². The Kier molecular flexibility index (Phi) is 4.58. The van der Waals surface area contributed by atoms with Crippen molar-refractivity contribution < 1.29 is 19.4 Å². The number of esters is 1. The van der Waals surface area contributed by atoms with E-state index in [9.17, 15) is 9.90 Å². The predicted molar refractivity (Wildman–Crippen MR) is 59.6 cm³/mol. The minimum absolute atomic E-state index is 0.625.